The van der Waals surface area contributed by atoms with E-state index in [1.165, 1.54) is 12.1 Å². The Balaban J connectivity index is 1.43. The summed E-state index contributed by atoms with van der Waals surface area (Å²) in [5.74, 6) is -5.09. The van der Waals surface area contributed by atoms with E-state index in [1.807, 2.05) is 6.92 Å². The summed E-state index contributed by atoms with van der Waals surface area (Å²) in [7, 11) is -4.33. The minimum Gasteiger partial charge on any atom is -0.491 e. The van der Waals surface area contributed by atoms with Crippen LogP contribution in [0.15, 0.2) is 41.6 Å². The van der Waals surface area contributed by atoms with Crippen LogP contribution in [0.2, 0.25) is 0 Å². The van der Waals surface area contributed by atoms with Crippen molar-refractivity contribution < 1.29 is 62.3 Å². The first-order chi connectivity index (χ1) is 33.7. The second-order valence-electron chi connectivity index (χ2n) is 17.0. The van der Waals surface area contributed by atoms with Gasteiger partial charge in [-0.1, -0.05) is 17.7 Å². The van der Waals surface area contributed by atoms with E-state index in [1.54, 1.807) is 58.0 Å². The molecule has 0 radical (unpaired) electrons. The van der Waals surface area contributed by atoms with Crippen molar-refractivity contribution in [3.8, 4) is 5.75 Å². The number of aromatic amines is 1. The molecule has 4 rings (SSSR count). The number of anilines is 2. The SMILES string of the molecule is Cc1cc(C)c(S(=O)(=O)NC(CNC(=O)c2cc(C=N)c(NCCCNc3ncc[nH]3)c(OCCCNC(=O)CN3CCN(CC(=O)O)CCN(CC(=O)O)CCN(CC(=O)O)CC3)c2)C(=O)O)c(C)c1. The number of hydrogen-bond donors (Lipinski definition) is 11. The lowest BCUT2D eigenvalue weighted by Crippen LogP contribution is -2.49. The van der Waals surface area contributed by atoms with E-state index >= 15 is 0 Å². The third-order valence-corrected chi connectivity index (χ3v) is 13.0. The zero-order valence-electron chi connectivity index (χ0n) is 40.2. The molecule has 0 bridgehead atoms. The van der Waals surface area contributed by atoms with Crippen LogP contribution < -0.4 is 30.7 Å². The fraction of sp³-hybridized carbons (Fsp3) is 0.511. The quantitative estimate of drug-likeness (QED) is 0.0347. The second-order valence-corrected chi connectivity index (χ2v) is 18.7. The van der Waals surface area contributed by atoms with Gasteiger partial charge in [0.05, 0.1) is 43.4 Å². The maximum atomic E-state index is 13.6. The molecule has 0 spiro atoms. The minimum absolute atomic E-state index is 0.0124. The molecule has 26 heteroatoms. The van der Waals surface area contributed by atoms with Crippen LogP contribution in [0.3, 0.4) is 0 Å². The standard InChI is InChI=1S/C45H66N12O13S/c1-30-20-31(2)42(32(3)21-30)71(68,69)53-35(44(66)67)25-52-43(65)33-22-34(24-46)41(48-6-4-7-49-45-50-9-10-51-45)36(23-33)70-19-5-8-47-37(58)26-54-11-13-55(27-38(59)60)15-17-57(29-40(63)64)18-16-56(14-12-54)28-39(61)62/h9-10,20-24,35,46,48,53H,4-8,11-19,25-29H2,1-3H3,(H,47,58)(H,52,65)(H,59,60)(H,61,62)(H,63,64)(H,66,67)(H2,49,50,51). The molecule has 2 heterocycles. The average Bonchev–Trinajstić information content (AvgIpc) is 3.81. The zero-order valence-corrected chi connectivity index (χ0v) is 41.0. The van der Waals surface area contributed by atoms with E-state index in [0.717, 1.165) is 11.8 Å². The maximum absolute atomic E-state index is 13.6. The molecule has 1 unspecified atom stereocenters. The van der Waals surface area contributed by atoms with Gasteiger partial charge in [-0.2, -0.15) is 4.72 Å². The summed E-state index contributed by atoms with van der Waals surface area (Å²) in [4.78, 5) is 87.8. The normalized spacial score (nSPS) is 15.1. The van der Waals surface area contributed by atoms with E-state index in [0.29, 0.717) is 42.3 Å². The number of ether oxygens (including phenoxy) is 1. The predicted molar refractivity (Wildman–Crippen MR) is 261 cm³/mol. The van der Waals surface area contributed by atoms with Gasteiger partial charge < -0.3 is 56.8 Å². The highest BCUT2D eigenvalue weighted by molar-refractivity contribution is 7.89. The number of nitrogens with zero attached hydrogens (tertiary/aromatic N) is 5. The van der Waals surface area contributed by atoms with Gasteiger partial charge in [0.15, 0.2) is 5.95 Å². The third kappa shape index (κ3) is 19.5. The van der Waals surface area contributed by atoms with Crippen molar-refractivity contribution in [2.24, 2.45) is 0 Å². The van der Waals surface area contributed by atoms with Crippen LogP contribution in [0.4, 0.5) is 11.6 Å². The lowest BCUT2D eigenvalue weighted by molar-refractivity contribution is -0.140. The summed E-state index contributed by atoms with van der Waals surface area (Å²) >= 11 is 0. The Kier molecular flexibility index (Phi) is 22.6. The van der Waals surface area contributed by atoms with Gasteiger partial charge in [0.1, 0.15) is 11.8 Å². The number of carbonyl (C=O) groups excluding carboxylic acids is 2. The highest BCUT2D eigenvalue weighted by Crippen LogP contribution is 2.30. The van der Waals surface area contributed by atoms with E-state index in [4.69, 9.17) is 10.1 Å². The highest BCUT2D eigenvalue weighted by Gasteiger charge is 2.29. The van der Waals surface area contributed by atoms with Gasteiger partial charge >= 0.3 is 23.9 Å². The number of carbonyl (C=O) groups is 6. The number of rotatable bonds is 27. The Morgan fingerprint density at radius 1 is 0.746 bits per heavy atom. The summed E-state index contributed by atoms with van der Waals surface area (Å²) < 4.78 is 35.1. The molecule has 25 nitrogen and oxygen atoms in total. The molecule has 1 atom stereocenters. The van der Waals surface area contributed by atoms with Crippen molar-refractivity contribution in [1.29, 1.82) is 5.41 Å². The smallest absolute Gasteiger partial charge is 0.323 e. The lowest BCUT2D eigenvalue weighted by Gasteiger charge is -2.32. The van der Waals surface area contributed by atoms with Gasteiger partial charge in [-0.3, -0.25) is 48.4 Å². The number of carboxylic acid groups (broad SMARTS) is 4. The second kappa shape index (κ2) is 28.2. The minimum atomic E-state index is -4.33. The first-order valence-corrected chi connectivity index (χ1v) is 24.4. The molecule has 3 aromatic rings. The number of benzene rings is 2. The average molecular weight is 1020 g/mol. The number of H-pyrrole nitrogens is 1. The van der Waals surface area contributed by atoms with Crippen LogP contribution in [0.5, 0.6) is 5.75 Å². The van der Waals surface area contributed by atoms with E-state index in [2.05, 4.69) is 36.0 Å². The van der Waals surface area contributed by atoms with E-state index < -0.39 is 52.4 Å². The summed E-state index contributed by atoms with van der Waals surface area (Å²) in [6, 6.07) is 4.41. The van der Waals surface area contributed by atoms with Crippen molar-refractivity contribution in [1.82, 2.24) is 44.9 Å². The van der Waals surface area contributed by atoms with E-state index in [9.17, 15) is 57.6 Å². The van der Waals surface area contributed by atoms with Crippen LogP contribution in [-0.4, -0.2) is 218 Å². The molecule has 1 saturated heterocycles. The number of aromatic nitrogens is 2. The van der Waals surface area contributed by atoms with Crippen LogP contribution in [0.25, 0.3) is 0 Å². The Morgan fingerprint density at radius 3 is 1.77 bits per heavy atom. The largest absolute Gasteiger partial charge is 0.491 e. The monoisotopic (exact) mass is 1010 g/mol. The lowest BCUT2D eigenvalue weighted by atomic mass is 10.1. The zero-order chi connectivity index (χ0) is 52.1. The first kappa shape index (κ1) is 56.9. The number of imidazole rings is 1. The number of aliphatic carboxylic acids is 4. The molecule has 71 heavy (non-hydrogen) atoms. The number of nitrogens with one attached hydrogen (secondary N) is 7. The predicted octanol–water partition coefficient (Wildman–Crippen LogP) is -0.231. The van der Waals surface area contributed by atoms with Crippen LogP contribution in [-0.2, 0) is 34.0 Å². The molecule has 11 N–H and O–H groups in total. The van der Waals surface area contributed by atoms with Crippen LogP contribution in [0, 0.1) is 26.2 Å². The number of aryl methyl sites for hydroxylation is 3. The van der Waals surface area contributed by atoms with Crippen molar-refractivity contribution >= 4 is 63.6 Å². The van der Waals surface area contributed by atoms with Crippen molar-refractivity contribution in [3.63, 3.8) is 0 Å². The van der Waals surface area contributed by atoms with Gasteiger partial charge in [0.25, 0.3) is 5.91 Å². The molecule has 1 fully saturated rings. The number of sulfonamides is 1. The van der Waals surface area contributed by atoms with Gasteiger partial charge in [0, 0.05) is 108 Å². The molecule has 1 aliphatic rings. The fourth-order valence-corrected chi connectivity index (χ4v) is 9.54. The molecular weight excluding hydrogens is 949 g/mol. The molecule has 1 aliphatic heterocycles. The van der Waals surface area contributed by atoms with E-state index in [-0.39, 0.29) is 126 Å². The van der Waals surface area contributed by atoms with Crippen LogP contribution >= 0.6 is 0 Å². The molecule has 2 aromatic carbocycles. The molecule has 0 aliphatic carbocycles. The Labute approximate surface area is 411 Å². The maximum Gasteiger partial charge on any atom is 0.323 e. The van der Waals surface area contributed by atoms with Gasteiger partial charge in [0.2, 0.25) is 15.9 Å². The molecule has 1 aromatic heterocycles. The number of amides is 2. The number of hydrogen-bond acceptors (Lipinski definition) is 17. The topological polar surface area (TPSA) is 352 Å². The Hall–Kier alpha value is -6.71. The van der Waals surface area contributed by atoms with Gasteiger partial charge in [-0.25, -0.2) is 13.4 Å². The number of carboxylic acids is 4. The summed E-state index contributed by atoms with van der Waals surface area (Å²) in [6.45, 7) is 6.44. The first-order valence-electron chi connectivity index (χ1n) is 23.0. The van der Waals surface area contributed by atoms with Crippen molar-refractivity contribution in [3.05, 3.63) is 64.5 Å². The van der Waals surface area contributed by atoms with Crippen molar-refractivity contribution in [2.45, 2.75) is 44.6 Å². The molecule has 390 valence electrons. The summed E-state index contributed by atoms with van der Waals surface area (Å²) in [6.07, 6.45) is 5.17. The Bertz CT molecular complexity index is 2370. The molecule has 2 amide bonds. The molecular formula is C45H66N12O13S. The third-order valence-electron chi connectivity index (χ3n) is 11.2. The molecule has 0 saturated carbocycles. The van der Waals surface area contributed by atoms with Gasteiger partial charge in [-0.15, -0.1) is 0 Å². The highest BCUT2D eigenvalue weighted by atomic mass is 32.2. The summed E-state index contributed by atoms with van der Waals surface area (Å²) in [5, 5.41) is 58.4. The summed E-state index contributed by atoms with van der Waals surface area (Å²) in [5.41, 5.74) is 2.31. The van der Waals surface area contributed by atoms with Gasteiger partial charge in [-0.05, 0) is 56.9 Å². The Morgan fingerprint density at radius 2 is 1.28 bits per heavy atom. The fourth-order valence-electron chi connectivity index (χ4n) is 7.89. The van der Waals surface area contributed by atoms with Crippen LogP contribution in [0.1, 0.15) is 45.5 Å². The van der Waals surface area contributed by atoms with Crippen molar-refractivity contribution in [2.75, 3.05) is 122 Å².